The van der Waals surface area contributed by atoms with E-state index in [2.05, 4.69) is 50.1 Å². The number of rotatable bonds is 5. The molecule has 0 bridgehead atoms. The third-order valence-electron chi connectivity index (χ3n) is 3.05. The monoisotopic (exact) mass is 206 g/mol. The van der Waals surface area contributed by atoms with Crippen LogP contribution >= 0.6 is 0 Å². The van der Waals surface area contributed by atoms with E-state index in [1.807, 2.05) is 12.4 Å². The first-order valence-electron chi connectivity index (χ1n) is 5.68. The van der Waals surface area contributed by atoms with Crippen molar-refractivity contribution in [3.8, 4) is 0 Å². The lowest BCUT2D eigenvalue weighted by Gasteiger charge is -2.25. The first kappa shape index (κ1) is 12.2. The largest absolute Gasteiger partial charge is 0.310 e. The molecule has 84 valence electrons. The Morgan fingerprint density at radius 3 is 2.47 bits per heavy atom. The minimum atomic E-state index is 0.376. The minimum Gasteiger partial charge on any atom is -0.310 e. The molecule has 0 saturated carbocycles. The molecule has 0 saturated heterocycles. The maximum atomic E-state index is 4.03. The van der Waals surface area contributed by atoms with Crippen molar-refractivity contribution in [1.82, 2.24) is 10.3 Å². The zero-order chi connectivity index (χ0) is 11.3. The fourth-order valence-electron chi connectivity index (χ4n) is 1.32. The summed E-state index contributed by atoms with van der Waals surface area (Å²) in [4.78, 5) is 4.03. The van der Waals surface area contributed by atoms with Crippen LogP contribution in [0.1, 0.15) is 45.7 Å². The Bertz CT molecular complexity index is 280. The maximum Gasteiger partial charge on any atom is 0.0293 e. The van der Waals surface area contributed by atoms with Gasteiger partial charge in [0.15, 0.2) is 0 Å². The molecular weight excluding hydrogens is 184 g/mol. The summed E-state index contributed by atoms with van der Waals surface area (Å²) in [7, 11) is 0. The van der Waals surface area contributed by atoms with Gasteiger partial charge in [-0.05, 0) is 36.5 Å². The van der Waals surface area contributed by atoms with Crippen LogP contribution in [0.25, 0.3) is 0 Å². The molecule has 1 heterocycles. The summed E-state index contributed by atoms with van der Waals surface area (Å²) in [5.41, 5.74) is 1.68. The lowest BCUT2D eigenvalue weighted by Crippen LogP contribution is -2.30. The summed E-state index contributed by atoms with van der Waals surface area (Å²) >= 11 is 0. The predicted octanol–water partition coefficient (Wildman–Crippen LogP) is 3.17. The van der Waals surface area contributed by atoms with Crippen LogP contribution in [0.4, 0.5) is 0 Å². The van der Waals surface area contributed by atoms with E-state index in [0.717, 1.165) is 6.54 Å². The summed E-state index contributed by atoms with van der Waals surface area (Å²) in [6.45, 7) is 10.1. The van der Waals surface area contributed by atoms with Crippen LogP contribution in [0.15, 0.2) is 24.5 Å². The van der Waals surface area contributed by atoms with Crippen molar-refractivity contribution < 1.29 is 0 Å². The molecule has 0 aliphatic rings. The van der Waals surface area contributed by atoms with Crippen LogP contribution in [-0.4, -0.2) is 11.5 Å². The quantitative estimate of drug-likeness (QED) is 0.800. The third-order valence-corrected chi connectivity index (χ3v) is 3.05. The van der Waals surface area contributed by atoms with Gasteiger partial charge in [-0.3, -0.25) is 4.98 Å². The van der Waals surface area contributed by atoms with Gasteiger partial charge in [0.2, 0.25) is 0 Å². The zero-order valence-electron chi connectivity index (χ0n) is 10.2. The Hall–Kier alpha value is -0.890. The Labute approximate surface area is 93.1 Å². The van der Waals surface area contributed by atoms with E-state index in [1.54, 1.807) is 0 Å². The van der Waals surface area contributed by atoms with E-state index in [1.165, 1.54) is 12.0 Å². The molecule has 2 heteroatoms. The second-order valence-electron chi connectivity index (χ2n) is 4.90. The number of nitrogens with one attached hydrogen (secondary N) is 1. The van der Waals surface area contributed by atoms with Crippen molar-refractivity contribution in [2.24, 2.45) is 5.41 Å². The lowest BCUT2D eigenvalue weighted by molar-refractivity contribution is 0.314. The number of aromatic nitrogens is 1. The smallest absolute Gasteiger partial charge is 0.0293 e. The number of hydrogen-bond acceptors (Lipinski definition) is 2. The van der Waals surface area contributed by atoms with E-state index >= 15 is 0 Å². The Kier molecular flexibility index (Phi) is 4.28. The predicted molar refractivity (Wildman–Crippen MR) is 64.7 cm³/mol. The van der Waals surface area contributed by atoms with Crippen LogP contribution in [0, 0.1) is 5.41 Å². The molecule has 1 unspecified atom stereocenters. The highest BCUT2D eigenvalue weighted by atomic mass is 14.9. The molecule has 0 radical (unpaired) electrons. The first-order valence-corrected chi connectivity index (χ1v) is 5.68. The molecule has 0 aliphatic carbocycles. The van der Waals surface area contributed by atoms with Gasteiger partial charge in [0.25, 0.3) is 0 Å². The van der Waals surface area contributed by atoms with Gasteiger partial charge in [-0.15, -0.1) is 0 Å². The van der Waals surface area contributed by atoms with Gasteiger partial charge in [-0.25, -0.2) is 0 Å². The highest BCUT2D eigenvalue weighted by molar-refractivity contribution is 5.13. The third kappa shape index (κ3) is 4.00. The van der Waals surface area contributed by atoms with Gasteiger partial charge in [0.1, 0.15) is 0 Å². The van der Waals surface area contributed by atoms with Crippen molar-refractivity contribution in [3.05, 3.63) is 30.1 Å². The van der Waals surface area contributed by atoms with Crippen molar-refractivity contribution >= 4 is 0 Å². The topological polar surface area (TPSA) is 24.9 Å². The molecule has 0 fully saturated rings. The Morgan fingerprint density at radius 1 is 1.33 bits per heavy atom. The van der Waals surface area contributed by atoms with E-state index < -0.39 is 0 Å². The molecule has 1 aromatic heterocycles. The molecule has 1 rings (SSSR count). The van der Waals surface area contributed by atoms with Crippen LogP contribution in [-0.2, 0) is 0 Å². The van der Waals surface area contributed by atoms with Crippen LogP contribution < -0.4 is 5.32 Å². The molecule has 2 nitrogen and oxygen atoms in total. The minimum absolute atomic E-state index is 0.376. The standard InChI is InChI=1S/C13H22N2/c1-5-13(3,4)10-15-11(2)12-6-8-14-9-7-12/h6-9,11,15H,5,10H2,1-4H3. The molecule has 0 aromatic carbocycles. The normalized spacial score (nSPS) is 13.9. The number of pyridine rings is 1. The second kappa shape index (κ2) is 5.26. The maximum absolute atomic E-state index is 4.03. The fourth-order valence-corrected chi connectivity index (χ4v) is 1.32. The molecule has 0 amide bonds. The number of nitrogens with zero attached hydrogens (tertiary/aromatic N) is 1. The lowest BCUT2D eigenvalue weighted by atomic mass is 9.90. The molecule has 1 aromatic rings. The van der Waals surface area contributed by atoms with E-state index in [0.29, 0.717) is 11.5 Å². The van der Waals surface area contributed by atoms with Crippen LogP contribution in [0.5, 0.6) is 0 Å². The van der Waals surface area contributed by atoms with Crippen LogP contribution in [0.2, 0.25) is 0 Å². The molecule has 1 N–H and O–H groups in total. The van der Waals surface area contributed by atoms with E-state index in [9.17, 15) is 0 Å². The molecule has 0 spiro atoms. The molecule has 0 aliphatic heterocycles. The molecule has 15 heavy (non-hydrogen) atoms. The van der Waals surface area contributed by atoms with Gasteiger partial charge in [0.05, 0.1) is 0 Å². The molecular formula is C13H22N2. The van der Waals surface area contributed by atoms with Gasteiger partial charge in [0, 0.05) is 25.0 Å². The summed E-state index contributed by atoms with van der Waals surface area (Å²) < 4.78 is 0. The Morgan fingerprint density at radius 2 is 1.93 bits per heavy atom. The van der Waals surface area contributed by atoms with Gasteiger partial charge < -0.3 is 5.32 Å². The van der Waals surface area contributed by atoms with Gasteiger partial charge in [-0.1, -0.05) is 20.8 Å². The molecule has 1 atom stereocenters. The number of hydrogen-bond donors (Lipinski definition) is 1. The first-order chi connectivity index (χ1) is 7.05. The van der Waals surface area contributed by atoms with Gasteiger partial charge in [-0.2, -0.15) is 0 Å². The average Bonchev–Trinajstić information content (AvgIpc) is 2.27. The summed E-state index contributed by atoms with van der Waals surface area (Å²) in [6.07, 6.45) is 4.89. The van der Waals surface area contributed by atoms with Crippen molar-refractivity contribution in [2.45, 2.75) is 40.2 Å². The van der Waals surface area contributed by atoms with Gasteiger partial charge >= 0.3 is 0 Å². The Balaban J connectivity index is 2.47. The van der Waals surface area contributed by atoms with Crippen molar-refractivity contribution in [3.63, 3.8) is 0 Å². The average molecular weight is 206 g/mol. The summed E-state index contributed by atoms with van der Waals surface area (Å²) in [5.74, 6) is 0. The van der Waals surface area contributed by atoms with Crippen molar-refractivity contribution in [1.29, 1.82) is 0 Å². The highest BCUT2D eigenvalue weighted by Gasteiger charge is 2.16. The summed E-state index contributed by atoms with van der Waals surface area (Å²) in [6, 6.07) is 4.53. The summed E-state index contributed by atoms with van der Waals surface area (Å²) in [5, 5.41) is 3.56. The zero-order valence-corrected chi connectivity index (χ0v) is 10.2. The van der Waals surface area contributed by atoms with E-state index in [-0.39, 0.29) is 0 Å². The van der Waals surface area contributed by atoms with Crippen molar-refractivity contribution in [2.75, 3.05) is 6.54 Å². The fraction of sp³-hybridized carbons (Fsp3) is 0.615. The van der Waals surface area contributed by atoms with E-state index in [4.69, 9.17) is 0 Å². The SMILES string of the molecule is CCC(C)(C)CNC(C)c1ccncc1. The highest BCUT2D eigenvalue weighted by Crippen LogP contribution is 2.20. The van der Waals surface area contributed by atoms with Crippen LogP contribution in [0.3, 0.4) is 0 Å². The second-order valence-corrected chi connectivity index (χ2v) is 4.90.